The molecule has 1 N–H and O–H groups in total. The Morgan fingerprint density at radius 1 is 1.33 bits per heavy atom. The van der Waals surface area contributed by atoms with Crippen molar-refractivity contribution in [1.29, 1.82) is 0 Å². The van der Waals surface area contributed by atoms with E-state index in [1.165, 1.54) is 0 Å². The fraction of sp³-hybridized carbons (Fsp3) is 0.444. The van der Waals surface area contributed by atoms with Gasteiger partial charge in [-0.15, -0.1) is 19.6 Å². The molecule has 0 bridgehead atoms. The van der Waals surface area contributed by atoms with E-state index in [1.807, 2.05) is 19.8 Å². The number of carbonyl (C=O) groups is 2. The molecule has 0 aliphatic heterocycles. The van der Waals surface area contributed by atoms with Gasteiger partial charge in [-0.25, -0.2) is 4.79 Å². The van der Waals surface area contributed by atoms with Gasteiger partial charge in [0.1, 0.15) is 11.3 Å². The summed E-state index contributed by atoms with van der Waals surface area (Å²) in [5, 5.41) is 9.45. The number of benzene rings is 1. The number of alkyl halides is 3. The van der Waals surface area contributed by atoms with Gasteiger partial charge in [-0.2, -0.15) is 0 Å². The standard InChI is InChI=1S/C18H17ClF3NO4/c1-4-14(24)23(17(15(25)26)8-7-16(2,3)10-17)11-5-6-13(12(19)9-11)27-18(20,21)22/h1,5-6,9H,7-8,10H2,2-3H3,(H,25,26). The predicted octanol–water partition coefficient (Wildman–Crippen LogP) is 4.24. The van der Waals surface area contributed by atoms with Crippen LogP contribution in [0.2, 0.25) is 5.02 Å². The fourth-order valence-electron chi connectivity index (χ4n) is 3.44. The first kappa shape index (κ1) is 20.9. The second kappa shape index (κ2) is 6.97. The highest BCUT2D eigenvalue weighted by Crippen LogP contribution is 2.49. The van der Waals surface area contributed by atoms with Crippen LogP contribution in [0.25, 0.3) is 0 Å². The maximum atomic E-state index is 12.4. The molecule has 27 heavy (non-hydrogen) atoms. The van der Waals surface area contributed by atoms with Crippen LogP contribution >= 0.6 is 11.6 Å². The molecule has 1 aliphatic carbocycles. The molecule has 0 saturated heterocycles. The van der Waals surface area contributed by atoms with E-state index in [0.717, 1.165) is 23.1 Å². The maximum Gasteiger partial charge on any atom is 0.573 e. The molecule has 1 fully saturated rings. The molecule has 0 aromatic heterocycles. The zero-order chi connectivity index (χ0) is 20.6. The van der Waals surface area contributed by atoms with Crippen molar-refractivity contribution < 1.29 is 32.6 Å². The van der Waals surface area contributed by atoms with Crippen molar-refractivity contribution in [3.05, 3.63) is 23.2 Å². The lowest BCUT2D eigenvalue weighted by molar-refractivity contribution is -0.274. The van der Waals surface area contributed by atoms with E-state index in [4.69, 9.17) is 18.0 Å². The Bertz CT molecular complexity index is 816. The molecular formula is C18H17ClF3NO4. The number of nitrogens with zero attached hydrogens (tertiary/aromatic N) is 1. The van der Waals surface area contributed by atoms with Crippen LogP contribution in [-0.2, 0) is 9.59 Å². The SMILES string of the molecule is C#CC(=O)N(c1ccc(OC(F)(F)F)c(Cl)c1)C1(C(=O)O)CCC(C)(C)C1. The van der Waals surface area contributed by atoms with E-state index < -0.39 is 34.5 Å². The first-order chi connectivity index (χ1) is 12.3. The van der Waals surface area contributed by atoms with Crippen LogP contribution < -0.4 is 9.64 Å². The summed E-state index contributed by atoms with van der Waals surface area (Å²) >= 11 is 5.85. The van der Waals surface area contributed by atoms with Crippen LogP contribution in [0, 0.1) is 17.8 Å². The lowest BCUT2D eigenvalue weighted by atomic mass is 9.86. The number of terminal acetylenes is 1. The van der Waals surface area contributed by atoms with Crippen molar-refractivity contribution in [3.8, 4) is 18.1 Å². The molecular weight excluding hydrogens is 387 g/mol. The first-order valence-corrected chi connectivity index (χ1v) is 8.29. The fourth-order valence-corrected chi connectivity index (χ4v) is 3.66. The molecule has 1 saturated carbocycles. The minimum absolute atomic E-state index is 0.0161. The molecule has 9 heteroatoms. The van der Waals surface area contributed by atoms with Crippen LogP contribution in [0.5, 0.6) is 5.75 Å². The van der Waals surface area contributed by atoms with Crippen molar-refractivity contribution >= 4 is 29.2 Å². The third kappa shape index (κ3) is 4.30. The molecule has 2 rings (SSSR count). The van der Waals surface area contributed by atoms with Crippen LogP contribution in [0.1, 0.15) is 33.1 Å². The topological polar surface area (TPSA) is 66.8 Å². The average Bonchev–Trinajstić information content (AvgIpc) is 2.85. The van der Waals surface area contributed by atoms with Crippen molar-refractivity contribution in [1.82, 2.24) is 0 Å². The molecule has 0 radical (unpaired) electrons. The van der Waals surface area contributed by atoms with E-state index >= 15 is 0 Å². The molecule has 0 spiro atoms. The smallest absolute Gasteiger partial charge is 0.479 e. The van der Waals surface area contributed by atoms with Gasteiger partial charge >= 0.3 is 18.2 Å². The predicted molar refractivity (Wildman–Crippen MR) is 92.5 cm³/mol. The summed E-state index contributed by atoms with van der Waals surface area (Å²) < 4.78 is 41.0. The monoisotopic (exact) mass is 403 g/mol. The van der Waals surface area contributed by atoms with Gasteiger partial charge in [-0.3, -0.25) is 9.69 Å². The Hall–Kier alpha value is -2.40. The van der Waals surface area contributed by atoms with Gasteiger partial charge in [0.15, 0.2) is 0 Å². The molecule has 1 aromatic carbocycles. The van der Waals surface area contributed by atoms with Crippen LogP contribution in [0.15, 0.2) is 18.2 Å². The number of carboxylic acids is 1. The normalized spacial score (nSPS) is 21.4. The Labute approximate surface area is 159 Å². The maximum absolute atomic E-state index is 12.4. The highest BCUT2D eigenvalue weighted by atomic mass is 35.5. The first-order valence-electron chi connectivity index (χ1n) is 7.91. The van der Waals surface area contributed by atoms with Crippen molar-refractivity contribution in [2.75, 3.05) is 4.90 Å². The molecule has 0 heterocycles. The molecule has 1 aliphatic rings. The Kier molecular flexibility index (Phi) is 5.39. The molecule has 1 unspecified atom stereocenters. The number of ether oxygens (including phenoxy) is 1. The largest absolute Gasteiger partial charge is 0.573 e. The Morgan fingerprint density at radius 3 is 2.37 bits per heavy atom. The zero-order valence-corrected chi connectivity index (χ0v) is 15.3. The zero-order valence-electron chi connectivity index (χ0n) is 14.6. The molecule has 5 nitrogen and oxygen atoms in total. The third-order valence-electron chi connectivity index (χ3n) is 4.54. The lowest BCUT2D eigenvalue weighted by Gasteiger charge is -2.38. The van der Waals surface area contributed by atoms with Crippen molar-refractivity contribution in [3.63, 3.8) is 0 Å². The van der Waals surface area contributed by atoms with Crippen LogP contribution in [0.4, 0.5) is 18.9 Å². The Morgan fingerprint density at radius 2 is 1.96 bits per heavy atom. The molecule has 1 atom stereocenters. The van der Waals surface area contributed by atoms with Gasteiger partial charge in [0, 0.05) is 5.69 Å². The minimum atomic E-state index is -4.95. The summed E-state index contributed by atoms with van der Waals surface area (Å²) in [4.78, 5) is 25.5. The summed E-state index contributed by atoms with van der Waals surface area (Å²) in [5.41, 5.74) is -2.00. The summed E-state index contributed by atoms with van der Waals surface area (Å²) in [6, 6.07) is 3.07. The number of hydrogen-bond donors (Lipinski definition) is 1. The molecule has 1 amide bonds. The number of carbonyl (C=O) groups excluding carboxylic acids is 1. The quantitative estimate of drug-likeness (QED) is 0.764. The summed E-state index contributed by atoms with van der Waals surface area (Å²) in [6.45, 7) is 3.73. The van der Waals surface area contributed by atoms with E-state index in [-0.39, 0.29) is 23.9 Å². The van der Waals surface area contributed by atoms with Gasteiger partial charge in [-0.1, -0.05) is 25.4 Å². The van der Waals surface area contributed by atoms with E-state index in [1.54, 1.807) is 0 Å². The number of amides is 1. The number of halogens is 4. The second-order valence-electron chi connectivity index (χ2n) is 7.13. The van der Waals surface area contributed by atoms with Crippen molar-refractivity contribution in [2.24, 2.45) is 5.41 Å². The van der Waals surface area contributed by atoms with Gasteiger partial charge in [0.2, 0.25) is 0 Å². The number of anilines is 1. The lowest BCUT2D eigenvalue weighted by Crippen LogP contribution is -2.56. The minimum Gasteiger partial charge on any atom is -0.479 e. The number of rotatable bonds is 4. The van der Waals surface area contributed by atoms with Crippen molar-refractivity contribution in [2.45, 2.75) is 45.0 Å². The summed E-state index contributed by atoms with van der Waals surface area (Å²) in [5.74, 6) is -0.948. The van der Waals surface area contributed by atoms with E-state index in [9.17, 15) is 27.9 Å². The molecule has 1 aromatic rings. The van der Waals surface area contributed by atoms with Gasteiger partial charge in [0.05, 0.1) is 5.02 Å². The van der Waals surface area contributed by atoms with Gasteiger partial charge in [-0.05, 0) is 48.8 Å². The number of aliphatic carboxylic acids is 1. The highest BCUT2D eigenvalue weighted by Gasteiger charge is 2.54. The Balaban J connectivity index is 2.55. The second-order valence-corrected chi connectivity index (χ2v) is 7.53. The number of carboxylic acid groups (broad SMARTS) is 1. The number of hydrogen-bond acceptors (Lipinski definition) is 3. The summed E-state index contributed by atoms with van der Waals surface area (Å²) in [6.07, 6.45) is 1.06. The average molecular weight is 404 g/mol. The van der Waals surface area contributed by atoms with Gasteiger partial charge in [0.25, 0.3) is 0 Å². The van der Waals surface area contributed by atoms with E-state index in [2.05, 4.69) is 4.74 Å². The highest BCUT2D eigenvalue weighted by molar-refractivity contribution is 6.32. The van der Waals surface area contributed by atoms with Crippen LogP contribution in [-0.4, -0.2) is 28.9 Å². The van der Waals surface area contributed by atoms with E-state index in [0.29, 0.717) is 6.42 Å². The van der Waals surface area contributed by atoms with Gasteiger partial charge < -0.3 is 9.84 Å². The molecule has 146 valence electrons. The summed E-state index contributed by atoms with van der Waals surface area (Å²) in [7, 11) is 0. The van der Waals surface area contributed by atoms with Crippen LogP contribution in [0.3, 0.4) is 0 Å². The third-order valence-corrected chi connectivity index (χ3v) is 4.83.